The predicted molar refractivity (Wildman–Crippen MR) is 71.5 cm³/mol. The molecule has 96 valence electrons. The lowest BCUT2D eigenvalue weighted by Crippen LogP contribution is -2.16. The molecular weight excluding hydrogens is 318 g/mol. The fourth-order valence-corrected chi connectivity index (χ4v) is 3.29. The molecule has 1 aliphatic rings. The third kappa shape index (κ3) is 2.35. The fraction of sp³-hybridized carbons (Fsp3) is 0.455. The van der Waals surface area contributed by atoms with E-state index in [-0.39, 0.29) is 12.1 Å². The summed E-state index contributed by atoms with van der Waals surface area (Å²) >= 11 is 5.01. The van der Waals surface area contributed by atoms with E-state index in [4.69, 9.17) is 9.26 Å². The van der Waals surface area contributed by atoms with Gasteiger partial charge in [-0.05, 0) is 34.5 Å². The molecule has 5 nitrogen and oxygen atoms in total. The van der Waals surface area contributed by atoms with E-state index in [1.165, 1.54) is 0 Å². The van der Waals surface area contributed by atoms with Gasteiger partial charge in [0, 0.05) is 13.7 Å². The van der Waals surface area contributed by atoms with Crippen molar-refractivity contribution in [2.24, 2.45) is 0 Å². The highest BCUT2D eigenvalue weighted by Crippen LogP contribution is 2.31. The molecule has 7 heteroatoms. The van der Waals surface area contributed by atoms with E-state index in [1.54, 1.807) is 18.4 Å². The molecule has 2 aromatic rings. The van der Waals surface area contributed by atoms with Crippen molar-refractivity contribution in [2.45, 2.75) is 18.6 Å². The van der Waals surface area contributed by atoms with Crippen molar-refractivity contribution < 1.29 is 9.26 Å². The summed E-state index contributed by atoms with van der Waals surface area (Å²) in [5.41, 5.74) is 0. The van der Waals surface area contributed by atoms with Crippen LogP contribution in [0.4, 0.5) is 0 Å². The van der Waals surface area contributed by atoms with E-state index in [0.717, 1.165) is 21.6 Å². The van der Waals surface area contributed by atoms with Gasteiger partial charge in [0.15, 0.2) is 0 Å². The molecule has 0 aliphatic carbocycles. The molecule has 3 rings (SSSR count). The van der Waals surface area contributed by atoms with Gasteiger partial charge in [-0.3, -0.25) is 0 Å². The number of rotatable bonds is 3. The van der Waals surface area contributed by atoms with Crippen LogP contribution < -0.4 is 5.32 Å². The number of ether oxygens (including phenoxy) is 1. The van der Waals surface area contributed by atoms with Crippen LogP contribution in [-0.4, -0.2) is 29.9 Å². The molecule has 3 heterocycles. The standard InChI is InChI=1S/C11H12BrN3O2S/c1-16-6-4-7(13-5-6)11-14-10(15-17-11)8-2-3-9(12)18-8/h2-3,6-7,13H,4-5H2,1H3/t6-,7+/m0/s1. The topological polar surface area (TPSA) is 60.2 Å². The molecule has 0 saturated carbocycles. The molecule has 0 radical (unpaired) electrons. The minimum absolute atomic E-state index is 0.0969. The molecule has 0 aromatic carbocycles. The summed E-state index contributed by atoms with van der Waals surface area (Å²) in [5.74, 6) is 1.28. The van der Waals surface area contributed by atoms with Crippen molar-refractivity contribution in [1.82, 2.24) is 15.5 Å². The molecule has 1 fully saturated rings. The normalized spacial score (nSPS) is 23.7. The smallest absolute Gasteiger partial charge is 0.244 e. The Labute approximate surface area is 117 Å². The van der Waals surface area contributed by atoms with E-state index >= 15 is 0 Å². The molecule has 2 aromatic heterocycles. The first-order valence-electron chi connectivity index (χ1n) is 5.62. The molecular formula is C11H12BrN3O2S. The zero-order valence-corrected chi connectivity index (χ0v) is 12.1. The first kappa shape index (κ1) is 12.3. The van der Waals surface area contributed by atoms with Gasteiger partial charge in [-0.25, -0.2) is 0 Å². The number of hydrogen-bond acceptors (Lipinski definition) is 6. The molecule has 0 spiro atoms. The minimum Gasteiger partial charge on any atom is -0.380 e. The zero-order valence-electron chi connectivity index (χ0n) is 9.72. The summed E-state index contributed by atoms with van der Waals surface area (Å²) in [6.07, 6.45) is 1.09. The lowest BCUT2D eigenvalue weighted by Gasteiger charge is -2.04. The summed E-state index contributed by atoms with van der Waals surface area (Å²) in [6.45, 7) is 0.823. The number of thiophene rings is 1. The average Bonchev–Trinajstić information content (AvgIpc) is 3.07. The highest BCUT2D eigenvalue weighted by Gasteiger charge is 2.29. The second kappa shape index (κ2) is 5.08. The van der Waals surface area contributed by atoms with Crippen LogP contribution in [0.3, 0.4) is 0 Å². The number of aromatic nitrogens is 2. The lowest BCUT2D eigenvalue weighted by molar-refractivity contribution is 0.116. The molecule has 1 aliphatic heterocycles. The Kier molecular flexibility index (Phi) is 3.47. The SMILES string of the molecule is CO[C@@H]1CN[C@@H](c2nc(-c3ccc(Br)s3)no2)C1. The molecule has 1 saturated heterocycles. The second-order valence-corrected chi connectivity index (χ2v) is 6.58. The van der Waals surface area contributed by atoms with Crippen LogP contribution in [-0.2, 0) is 4.74 Å². The third-order valence-corrected chi connectivity index (χ3v) is 4.58. The van der Waals surface area contributed by atoms with E-state index in [1.807, 2.05) is 12.1 Å². The summed E-state index contributed by atoms with van der Waals surface area (Å²) in [5, 5.41) is 7.33. The maximum Gasteiger partial charge on any atom is 0.244 e. The Balaban J connectivity index is 1.78. The van der Waals surface area contributed by atoms with Gasteiger partial charge in [0.1, 0.15) is 0 Å². The monoisotopic (exact) mass is 329 g/mol. The van der Waals surface area contributed by atoms with Crippen LogP contribution in [0, 0.1) is 0 Å². The Morgan fingerprint density at radius 2 is 2.44 bits per heavy atom. The van der Waals surface area contributed by atoms with Crippen LogP contribution in [0.5, 0.6) is 0 Å². The summed E-state index contributed by atoms with van der Waals surface area (Å²) in [4.78, 5) is 5.44. The van der Waals surface area contributed by atoms with Gasteiger partial charge >= 0.3 is 0 Å². The number of halogens is 1. The second-order valence-electron chi connectivity index (χ2n) is 4.11. The minimum atomic E-state index is 0.0969. The highest BCUT2D eigenvalue weighted by atomic mass is 79.9. The van der Waals surface area contributed by atoms with Crippen molar-refractivity contribution in [3.05, 3.63) is 21.8 Å². The number of methoxy groups -OCH3 is 1. The van der Waals surface area contributed by atoms with Crippen LogP contribution in [0.15, 0.2) is 20.4 Å². The highest BCUT2D eigenvalue weighted by molar-refractivity contribution is 9.11. The summed E-state index contributed by atoms with van der Waals surface area (Å²) in [7, 11) is 1.72. The molecule has 1 N–H and O–H groups in total. The van der Waals surface area contributed by atoms with Crippen molar-refractivity contribution in [3.63, 3.8) is 0 Å². The first-order chi connectivity index (χ1) is 8.76. The fourth-order valence-electron chi connectivity index (χ4n) is 1.98. The van der Waals surface area contributed by atoms with Crippen LogP contribution in [0.25, 0.3) is 10.7 Å². The van der Waals surface area contributed by atoms with Gasteiger partial charge in [0.25, 0.3) is 0 Å². The van der Waals surface area contributed by atoms with E-state index in [9.17, 15) is 0 Å². The third-order valence-electron chi connectivity index (χ3n) is 2.96. The van der Waals surface area contributed by atoms with Crippen molar-refractivity contribution in [2.75, 3.05) is 13.7 Å². The van der Waals surface area contributed by atoms with E-state index in [2.05, 4.69) is 31.4 Å². The van der Waals surface area contributed by atoms with E-state index < -0.39 is 0 Å². The summed E-state index contributed by atoms with van der Waals surface area (Å²) in [6, 6.07) is 4.05. The van der Waals surface area contributed by atoms with Crippen molar-refractivity contribution >= 4 is 27.3 Å². The maximum atomic E-state index is 5.32. The number of hydrogen-bond donors (Lipinski definition) is 1. The van der Waals surface area contributed by atoms with Gasteiger partial charge in [0.05, 0.1) is 20.8 Å². The predicted octanol–water partition coefficient (Wildman–Crippen LogP) is 2.61. The molecule has 0 bridgehead atoms. The van der Waals surface area contributed by atoms with E-state index in [0.29, 0.717) is 11.7 Å². The molecule has 18 heavy (non-hydrogen) atoms. The zero-order chi connectivity index (χ0) is 12.5. The van der Waals surface area contributed by atoms with Gasteiger partial charge in [0.2, 0.25) is 11.7 Å². The van der Waals surface area contributed by atoms with Crippen molar-refractivity contribution in [3.8, 4) is 10.7 Å². The van der Waals surface area contributed by atoms with Gasteiger partial charge in [-0.1, -0.05) is 5.16 Å². The molecule has 2 atom stereocenters. The number of nitrogens with zero attached hydrogens (tertiary/aromatic N) is 2. The quantitative estimate of drug-likeness (QED) is 0.937. The van der Waals surface area contributed by atoms with Gasteiger partial charge in [-0.15, -0.1) is 11.3 Å². The van der Waals surface area contributed by atoms with Gasteiger partial charge < -0.3 is 14.6 Å². The maximum absolute atomic E-state index is 5.32. The largest absolute Gasteiger partial charge is 0.380 e. The Bertz CT molecular complexity index is 542. The lowest BCUT2D eigenvalue weighted by atomic mass is 10.2. The Hall–Kier alpha value is -0.760. The summed E-state index contributed by atoms with van der Waals surface area (Å²) < 4.78 is 11.7. The Morgan fingerprint density at radius 1 is 1.56 bits per heavy atom. The molecule has 0 amide bonds. The average molecular weight is 330 g/mol. The van der Waals surface area contributed by atoms with Gasteiger partial charge in [-0.2, -0.15) is 4.98 Å². The van der Waals surface area contributed by atoms with Crippen LogP contribution >= 0.6 is 27.3 Å². The first-order valence-corrected chi connectivity index (χ1v) is 7.22. The van der Waals surface area contributed by atoms with Crippen molar-refractivity contribution in [1.29, 1.82) is 0 Å². The number of nitrogens with one attached hydrogen (secondary N) is 1. The Morgan fingerprint density at radius 3 is 3.11 bits per heavy atom. The van der Waals surface area contributed by atoms with Crippen LogP contribution in [0.2, 0.25) is 0 Å². The molecule has 0 unspecified atom stereocenters. The van der Waals surface area contributed by atoms with Crippen LogP contribution in [0.1, 0.15) is 18.4 Å².